The maximum atomic E-state index is 12.1. The highest BCUT2D eigenvalue weighted by Gasteiger charge is 2.30. The van der Waals surface area contributed by atoms with Crippen LogP contribution in [0.2, 0.25) is 0 Å². The highest BCUT2D eigenvalue weighted by Crippen LogP contribution is 2.34. The predicted molar refractivity (Wildman–Crippen MR) is 94.2 cm³/mol. The average molecular weight is 340 g/mol. The summed E-state index contributed by atoms with van der Waals surface area (Å²) < 4.78 is 0. The van der Waals surface area contributed by atoms with Crippen molar-refractivity contribution in [2.24, 2.45) is 11.8 Å². The van der Waals surface area contributed by atoms with Crippen LogP contribution in [-0.2, 0) is 4.79 Å². The number of nitrogens with one attached hydrogen (secondary N) is 2. The van der Waals surface area contributed by atoms with Crippen LogP contribution in [0.4, 0.5) is 10.6 Å². The second-order valence-corrected chi connectivity index (χ2v) is 6.81. The van der Waals surface area contributed by atoms with E-state index in [0.29, 0.717) is 18.9 Å². The number of carbonyl (C=O) groups excluding carboxylic acids is 1. The fraction of sp³-hybridized carbons (Fsp3) is 0.389. The Morgan fingerprint density at radius 2 is 2.20 bits per heavy atom. The van der Waals surface area contributed by atoms with Crippen molar-refractivity contribution in [1.29, 1.82) is 0 Å². The number of H-pyrrole nitrogens is 1. The van der Waals surface area contributed by atoms with E-state index in [1.165, 1.54) is 4.90 Å². The number of fused-ring (bicyclic) bond motifs is 1. The second kappa shape index (κ2) is 5.91. The van der Waals surface area contributed by atoms with Gasteiger partial charge in [-0.25, -0.2) is 9.78 Å². The third kappa shape index (κ3) is 2.97. The first-order valence-corrected chi connectivity index (χ1v) is 8.50. The van der Waals surface area contributed by atoms with Gasteiger partial charge in [0.05, 0.1) is 0 Å². The topological polar surface area (TPSA) is 98.3 Å². The average Bonchev–Trinajstić information content (AvgIpc) is 3.32. The summed E-state index contributed by atoms with van der Waals surface area (Å²) in [6.45, 7) is 2.84. The van der Waals surface area contributed by atoms with Crippen molar-refractivity contribution in [2.45, 2.75) is 19.8 Å². The lowest BCUT2D eigenvalue weighted by atomic mass is 9.89. The summed E-state index contributed by atoms with van der Waals surface area (Å²) in [4.78, 5) is 32.3. The fourth-order valence-corrected chi connectivity index (χ4v) is 3.36. The number of pyridine rings is 1. The van der Waals surface area contributed by atoms with Gasteiger partial charge in [0.15, 0.2) is 0 Å². The third-order valence-corrected chi connectivity index (χ3v) is 4.87. The van der Waals surface area contributed by atoms with E-state index < -0.39 is 6.09 Å². The normalized spacial score (nSPS) is 20.4. The van der Waals surface area contributed by atoms with Crippen LogP contribution in [0.15, 0.2) is 24.4 Å². The number of nitrogens with zero attached hydrogens (tertiary/aromatic N) is 2. The van der Waals surface area contributed by atoms with Crippen LogP contribution in [0, 0.1) is 11.8 Å². The Kier molecular flexibility index (Phi) is 3.71. The van der Waals surface area contributed by atoms with Crippen molar-refractivity contribution in [3.63, 3.8) is 0 Å². The van der Waals surface area contributed by atoms with E-state index in [-0.39, 0.29) is 17.7 Å². The summed E-state index contributed by atoms with van der Waals surface area (Å²) in [5.41, 5.74) is 2.80. The molecule has 2 aromatic rings. The number of aromatic nitrogens is 2. The molecule has 2 amide bonds. The zero-order valence-corrected chi connectivity index (χ0v) is 14.0. The molecule has 1 unspecified atom stereocenters. The molecule has 130 valence electrons. The lowest BCUT2D eigenvalue weighted by Crippen LogP contribution is -2.37. The van der Waals surface area contributed by atoms with Crippen LogP contribution in [-0.4, -0.2) is 45.1 Å². The summed E-state index contributed by atoms with van der Waals surface area (Å²) in [6, 6.07) is 3.86. The van der Waals surface area contributed by atoms with Gasteiger partial charge in [0.2, 0.25) is 5.91 Å². The van der Waals surface area contributed by atoms with Crippen molar-refractivity contribution in [1.82, 2.24) is 14.9 Å². The Hall–Kier alpha value is -2.83. The molecular weight excluding hydrogens is 320 g/mol. The van der Waals surface area contributed by atoms with E-state index in [2.05, 4.69) is 15.3 Å². The second-order valence-electron chi connectivity index (χ2n) is 6.81. The van der Waals surface area contributed by atoms with E-state index in [1.807, 2.05) is 31.3 Å². The van der Waals surface area contributed by atoms with E-state index in [4.69, 9.17) is 0 Å². The Bertz CT molecular complexity index is 882. The van der Waals surface area contributed by atoms with Gasteiger partial charge in [-0.3, -0.25) is 4.79 Å². The van der Waals surface area contributed by atoms with Crippen molar-refractivity contribution in [2.75, 3.05) is 18.4 Å². The minimum atomic E-state index is -0.902. The fourth-order valence-electron chi connectivity index (χ4n) is 3.36. The lowest BCUT2D eigenvalue weighted by Gasteiger charge is -2.29. The first kappa shape index (κ1) is 15.7. The SMILES string of the molecule is CC1CN(C(=O)O)CC=C1c1cc(NC(=O)C2CC2)nc2[nH]ccc12. The van der Waals surface area contributed by atoms with Crippen LogP contribution < -0.4 is 5.32 Å². The molecule has 0 aromatic carbocycles. The molecule has 1 aliphatic heterocycles. The predicted octanol–water partition coefficient (Wildman–Crippen LogP) is 2.92. The van der Waals surface area contributed by atoms with Gasteiger partial charge in [-0.2, -0.15) is 0 Å². The van der Waals surface area contributed by atoms with Gasteiger partial charge >= 0.3 is 6.09 Å². The Labute approximate surface area is 144 Å². The molecule has 7 heteroatoms. The van der Waals surface area contributed by atoms with Crippen LogP contribution in [0.1, 0.15) is 25.3 Å². The molecule has 1 fully saturated rings. The monoisotopic (exact) mass is 340 g/mol. The van der Waals surface area contributed by atoms with Crippen molar-refractivity contribution in [3.05, 3.63) is 30.0 Å². The maximum Gasteiger partial charge on any atom is 0.407 e. The van der Waals surface area contributed by atoms with E-state index in [9.17, 15) is 14.7 Å². The molecule has 4 rings (SSSR count). The van der Waals surface area contributed by atoms with Gasteiger partial charge in [-0.05, 0) is 42.0 Å². The molecule has 7 nitrogen and oxygen atoms in total. The number of hydrogen-bond acceptors (Lipinski definition) is 3. The Morgan fingerprint density at radius 3 is 2.88 bits per heavy atom. The van der Waals surface area contributed by atoms with Crippen LogP contribution >= 0.6 is 0 Å². The summed E-state index contributed by atoms with van der Waals surface area (Å²) in [5, 5.41) is 13.1. The van der Waals surface area contributed by atoms with Crippen molar-refractivity contribution < 1.29 is 14.7 Å². The van der Waals surface area contributed by atoms with E-state index >= 15 is 0 Å². The number of amides is 2. The summed E-state index contributed by atoms with van der Waals surface area (Å²) in [5.74, 6) is 0.738. The van der Waals surface area contributed by atoms with Crippen molar-refractivity contribution in [3.8, 4) is 0 Å². The molecular formula is C18H20N4O3. The third-order valence-electron chi connectivity index (χ3n) is 4.87. The maximum absolute atomic E-state index is 12.1. The quantitative estimate of drug-likeness (QED) is 0.800. The molecule has 1 atom stereocenters. The molecule has 0 radical (unpaired) electrons. The van der Waals surface area contributed by atoms with Crippen LogP contribution in [0.5, 0.6) is 0 Å². The number of rotatable bonds is 3. The van der Waals surface area contributed by atoms with Gasteiger partial charge in [0.1, 0.15) is 11.5 Å². The molecule has 25 heavy (non-hydrogen) atoms. The molecule has 0 saturated heterocycles. The molecule has 1 saturated carbocycles. The van der Waals surface area contributed by atoms with Gasteiger partial charge in [-0.1, -0.05) is 13.0 Å². The summed E-state index contributed by atoms with van der Waals surface area (Å²) in [6.07, 6.45) is 4.76. The van der Waals surface area contributed by atoms with Crippen molar-refractivity contribution >= 4 is 34.4 Å². The molecule has 3 N–H and O–H groups in total. The number of carbonyl (C=O) groups is 2. The molecule has 1 aliphatic carbocycles. The number of anilines is 1. The molecule has 0 bridgehead atoms. The molecule has 2 aliphatic rings. The van der Waals surface area contributed by atoms with Gasteiger partial charge in [0, 0.05) is 30.6 Å². The Morgan fingerprint density at radius 1 is 1.40 bits per heavy atom. The largest absolute Gasteiger partial charge is 0.465 e. The van der Waals surface area contributed by atoms with E-state index in [0.717, 1.165) is 35.0 Å². The van der Waals surface area contributed by atoms with Crippen LogP contribution in [0.25, 0.3) is 16.6 Å². The highest BCUT2D eigenvalue weighted by molar-refractivity contribution is 5.97. The first-order valence-electron chi connectivity index (χ1n) is 8.50. The summed E-state index contributed by atoms with van der Waals surface area (Å²) >= 11 is 0. The first-order chi connectivity index (χ1) is 12.0. The Balaban J connectivity index is 1.71. The zero-order chi connectivity index (χ0) is 17.6. The van der Waals surface area contributed by atoms with Gasteiger partial charge in [-0.15, -0.1) is 0 Å². The standard InChI is InChI=1S/C18H20N4O3/c1-10-9-22(18(24)25)7-5-12(10)14-8-15(21-17(23)11-2-3-11)20-16-13(14)4-6-19-16/h4-6,8,10-11H,2-3,7,9H2,1H3,(H,24,25)(H2,19,20,21,23). The number of carboxylic acid groups (broad SMARTS) is 1. The summed E-state index contributed by atoms with van der Waals surface area (Å²) in [7, 11) is 0. The van der Waals surface area contributed by atoms with Crippen LogP contribution in [0.3, 0.4) is 0 Å². The smallest absolute Gasteiger partial charge is 0.407 e. The number of aromatic amines is 1. The minimum absolute atomic E-state index is 0.0204. The minimum Gasteiger partial charge on any atom is -0.465 e. The highest BCUT2D eigenvalue weighted by atomic mass is 16.4. The van der Waals surface area contributed by atoms with Gasteiger partial charge < -0.3 is 20.3 Å². The molecule has 3 heterocycles. The zero-order valence-electron chi connectivity index (χ0n) is 14.0. The lowest BCUT2D eigenvalue weighted by molar-refractivity contribution is -0.117. The molecule has 0 spiro atoms. The molecule has 2 aromatic heterocycles. The van der Waals surface area contributed by atoms with Gasteiger partial charge in [0.25, 0.3) is 0 Å². The van der Waals surface area contributed by atoms with E-state index in [1.54, 1.807) is 0 Å². The number of hydrogen-bond donors (Lipinski definition) is 3.